The first-order valence-corrected chi connectivity index (χ1v) is 9.68. The Morgan fingerprint density at radius 3 is 2.70 bits per heavy atom. The number of rotatable bonds is 4. The average Bonchev–Trinajstić information content (AvgIpc) is 2.99. The third kappa shape index (κ3) is 3.60. The molecule has 0 spiro atoms. The van der Waals surface area contributed by atoms with Crippen LogP contribution in [0.1, 0.15) is 49.2 Å². The van der Waals surface area contributed by atoms with E-state index in [-0.39, 0.29) is 11.9 Å². The highest BCUT2D eigenvalue weighted by Crippen LogP contribution is 2.37. The lowest BCUT2D eigenvalue weighted by atomic mass is 9.95. The van der Waals surface area contributed by atoms with Gasteiger partial charge in [0.15, 0.2) is 0 Å². The summed E-state index contributed by atoms with van der Waals surface area (Å²) in [5.41, 5.74) is 5.42. The van der Waals surface area contributed by atoms with Crippen molar-refractivity contribution in [2.45, 2.75) is 39.2 Å². The van der Waals surface area contributed by atoms with Gasteiger partial charge in [-0.3, -0.25) is 14.7 Å². The molecule has 1 amide bonds. The number of carbonyl (C=O) groups excluding carboxylic acids is 1. The zero-order chi connectivity index (χ0) is 18.8. The van der Waals surface area contributed by atoms with Crippen molar-refractivity contribution in [3.8, 4) is 0 Å². The monoisotopic (exact) mass is 362 g/mol. The van der Waals surface area contributed by atoms with Crippen molar-refractivity contribution >= 4 is 22.5 Å². The number of nitrogens with zero attached hydrogens (tertiary/aromatic N) is 2. The molecule has 0 aliphatic carbocycles. The van der Waals surface area contributed by atoms with Crippen molar-refractivity contribution in [3.63, 3.8) is 0 Å². The van der Waals surface area contributed by atoms with E-state index in [0.717, 1.165) is 41.1 Å². The van der Waals surface area contributed by atoms with Crippen LogP contribution in [-0.2, 0) is 4.79 Å². The quantitative estimate of drug-likeness (QED) is 0.723. The predicted molar refractivity (Wildman–Crippen MR) is 109 cm³/mol. The van der Waals surface area contributed by atoms with Crippen LogP contribution in [-0.4, -0.2) is 33.9 Å². The van der Waals surface area contributed by atoms with E-state index in [4.69, 9.17) is 4.98 Å². The van der Waals surface area contributed by atoms with Crippen LogP contribution in [0.3, 0.4) is 0 Å². The summed E-state index contributed by atoms with van der Waals surface area (Å²) in [6.45, 7) is 5.84. The number of nitrogens with one attached hydrogen (secondary N) is 2. The fraction of sp³-hybridized carbons (Fsp3) is 0.364. The molecule has 0 bridgehead atoms. The SMILES string of the molecule is CC(=O)Nc1ccc2[nH]c(C)c(C(c3ccccn3)N3CCCCC3)c2c1. The summed E-state index contributed by atoms with van der Waals surface area (Å²) in [5.74, 6) is -0.0551. The number of aromatic nitrogens is 2. The van der Waals surface area contributed by atoms with Crippen LogP contribution in [0.15, 0.2) is 42.6 Å². The van der Waals surface area contributed by atoms with Gasteiger partial charge in [-0.15, -0.1) is 0 Å². The summed E-state index contributed by atoms with van der Waals surface area (Å²) < 4.78 is 0. The molecule has 1 fully saturated rings. The Labute approximate surface area is 159 Å². The minimum absolute atomic E-state index is 0.0551. The first-order chi connectivity index (χ1) is 13.1. The Morgan fingerprint density at radius 2 is 2.00 bits per heavy atom. The average molecular weight is 362 g/mol. The van der Waals surface area contributed by atoms with Gasteiger partial charge >= 0.3 is 0 Å². The second kappa shape index (κ2) is 7.53. The Morgan fingerprint density at radius 1 is 1.19 bits per heavy atom. The summed E-state index contributed by atoms with van der Waals surface area (Å²) in [7, 11) is 0. The van der Waals surface area contributed by atoms with E-state index >= 15 is 0 Å². The van der Waals surface area contributed by atoms with E-state index in [0.29, 0.717) is 0 Å². The summed E-state index contributed by atoms with van der Waals surface area (Å²) in [6, 6.07) is 12.3. The number of H-pyrrole nitrogens is 1. The number of amides is 1. The van der Waals surface area contributed by atoms with Crippen LogP contribution >= 0.6 is 0 Å². The Balaban J connectivity index is 1.86. The van der Waals surface area contributed by atoms with E-state index in [9.17, 15) is 4.79 Å². The van der Waals surface area contributed by atoms with Crippen molar-refractivity contribution in [2.75, 3.05) is 18.4 Å². The molecule has 27 heavy (non-hydrogen) atoms. The zero-order valence-corrected chi connectivity index (χ0v) is 16.0. The molecule has 1 atom stereocenters. The fourth-order valence-corrected chi connectivity index (χ4v) is 4.21. The van der Waals surface area contributed by atoms with Gasteiger partial charge in [-0.1, -0.05) is 12.5 Å². The number of pyridine rings is 1. The number of piperidine rings is 1. The summed E-state index contributed by atoms with van der Waals surface area (Å²) in [5, 5.41) is 4.06. The minimum Gasteiger partial charge on any atom is -0.358 e. The highest BCUT2D eigenvalue weighted by atomic mass is 16.1. The van der Waals surface area contributed by atoms with E-state index in [1.165, 1.54) is 31.7 Å². The number of likely N-dealkylation sites (tertiary alicyclic amines) is 1. The normalized spacial score (nSPS) is 16.4. The van der Waals surface area contributed by atoms with Crippen LogP contribution < -0.4 is 5.32 Å². The van der Waals surface area contributed by atoms with Gasteiger partial charge < -0.3 is 10.3 Å². The molecule has 3 heterocycles. The van der Waals surface area contributed by atoms with Crippen LogP contribution in [0.5, 0.6) is 0 Å². The Bertz CT molecular complexity index is 942. The van der Waals surface area contributed by atoms with Gasteiger partial charge in [0.05, 0.1) is 11.7 Å². The summed E-state index contributed by atoms with van der Waals surface area (Å²) in [4.78, 5) is 22.3. The molecule has 2 aromatic heterocycles. The third-order valence-electron chi connectivity index (χ3n) is 5.35. The molecule has 5 nitrogen and oxygen atoms in total. The lowest BCUT2D eigenvalue weighted by molar-refractivity contribution is -0.114. The number of hydrogen-bond acceptors (Lipinski definition) is 3. The Kier molecular flexibility index (Phi) is 4.94. The topological polar surface area (TPSA) is 61.0 Å². The largest absolute Gasteiger partial charge is 0.358 e. The second-order valence-electron chi connectivity index (χ2n) is 7.36. The molecule has 1 aromatic carbocycles. The third-order valence-corrected chi connectivity index (χ3v) is 5.35. The van der Waals surface area contributed by atoms with Crippen LogP contribution in [0.4, 0.5) is 5.69 Å². The summed E-state index contributed by atoms with van der Waals surface area (Å²) in [6.07, 6.45) is 5.62. The van der Waals surface area contributed by atoms with Crippen molar-refractivity contribution in [1.29, 1.82) is 0 Å². The first-order valence-electron chi connectivity index (χ1n) is 9.68. The van der Waals surface area contributed by atoms with E-state index in [2.05, 4.69) is 40.3 Å². The molecule has 1 aliphatic heterocycles. The lowest BCUT2D eigenvalue weighted by Crippen LogP contribution is -2.35. The fourth-order valence-electron chi connectivity index (χ4n) is 4.21. The number of fused-ring (bicyclic) bond motifs is 1. The Hall–Kier alpha value is -2.66. The van der Waals surface area contributed by atoms with E-state index in [1.807, 2.05) is 24.4 Å². The molecule has 0 radical (unpaired) electrons. The van der Waals surface area contributed by atoms with E-state index < -0.39 is 0 Å². The van der Waals surface area contributed by atoms with Gasteiger partial charge in [0.2, 0.25) is 5.91 Å². The molecule has 2 N–H and O–H groups in total. The highest BCUT2D eigenvalue weighted by molar-refractivity contribution is 5.94. The van der Waals surface area contributed by atoms with Crippen LogP contribution in [0, 0.1) is 6.92 Å². The molecule has 1 saturated heterocycles. The van der Waals surface area contributed by atoms with Gasteiger partial charge in [0, 0.05) is 41.0 Å². The maximum Gasteiger partial charge on any atom is 0.221 e. The van der Waals surface area contributed by atoms with Gasteiger partial charge in [-0.05, 0) is 63.2 Å². The van der Waals surface area contributed by atoms with Gasteiger partial charge in [0.25, 0.3) is 0 Å². The smallest absolute Gasteiger partial charge is 0.221 e. The maximum absolute atomic E-state index is 11.5. The molecule has 5 heteroatoms. The molecular weight excluding hydrogens is 336 g/mol. The number of hydrogen-bond donors (Lipinski definition) is 2. The standard InChI is InChI=1S/C22H26N4O/c1-15-21(18-14-17(25-16(2)27)9-10-19(18)24-15)22(20-8-4-5-11-23-20)26-12-6-3-7-13-26/h4-5,8-11,14,22,24H,3,6-7,12-13H2,1-2H3,(H,25,27). The van der Waals surface area contributed by atoms with Crippen molar-refractivity contribution in [2.24, 2.45) is 0 Å². The number of benzene rings is 1. The summed E-state index contributed by atoms with van der Waals surface area (Å²) >= 11 is 0. The number of carbonyl (C=O) groups is 1. The van der Waals surface area contributed by atoms with Crippen molar-refractivity contribution in [1.82, 2.24) is 14.9 Å². The number of aryl methyl sites for hydroxylation is 1. The number of aromatic amines is 1. The molecule has 3 aromatic rings. The van der Waals surface area contributed by atoms with Crippen LogP contribution in [0.25, 0.3) is 10.9 Å². The molecular formula is C22H26N4O. The predicted octanol–water partition coefficient (Wildman–Crippen LogP) is 4.41. The first kappa shape index (κ1) is 17.7. The number of anilines is 1. The minimum atomic E-state index is -0.0551. The molecule has 4 rings (SSSR count). The molecule has 0 saturated carbocycles. The molecule has 140 valence electrons. The maximum atomic E-state index is 11.5. The van der Waals surface area contributed by atoms with Gasteiger partial charge in [-0.2, -0.15) is 0 Å². The second-order valence-corrected chi connectivity index (χ2v) is 7.36. The molecule has 1 aliphatic rings. The van der Waals surface area contributed by atoms with Crippen LogP contribution in [0.2, 0.25) is 0 Å². The van der Waals surface area contributed by atoms with Gasteiger partial charge in [0.1, 0.15) is 0 Å². The molecule has 1 unspecified atom stereocenters. The van der Waals surface area contributed by atoms with Gasteiger partial charge in [-0.25, -0.2) is 0 Å². The lowest BCUT2D eigenvalue weighted by Gasteiger charge is -2.34. The highest BCUT2D eigenvalue weighted by Gasteiger charge is 2.29. The zero-order valence-electron chi connectivity index (χ0n) is 16.0. The van der Waals surface area contributed by atoms with Crippen molar-refractivity contribution in [3.05, 3.63) is 59.5 Å². The van der Waals surface area contributed by atoms with E-state index in [1.54, 1.807) is 0 Å². The van der Waals surface area contributed by atoms with Crippen molar-refractivity contribution < 1.29 is 4.79 Å².